The molecule has 0 aliphatic carbocycles. The molecule has 0 fully saturated rings. The van der Waals surface area contributed by atoms with Gasteiger partial charge in [0.1, 0.15) is 37.4 Å². The van der Waals surface area contributed by atoms with Crippen molar-refractivity contribution in [2.75, 3.05) is 26.4 Å². The van der Waals surface area contributed by atoms with E-state index in [9.17, 15) is 0 Å². The zero-order valence-electron chi connectivity index (χ0n) is 19.7. The largest absolute Gasteiger partial charge is 0.494 e. The van der Waals surface area contributed by atoms with Gasteiger partial charge in [-0.1, -0.05) is 26.2 Å². The minimum absolute atomic E-state index is 0.364. The lowest BCUT2D eigenvalue weighted by molar-refractivity contribution is 0.207. The number of hydrogen-bond donors (Lipinski definition) is 0. The molecule has 2 aromatic carbocycles. The van der Waals surface area contributed by atoms with Gasteiger partial charge in [-0.25, -0.2) is 4.68 Å². The fraction of sp³-hybridized carbons (Fsp3) is 0.400. The fourth-order valence-corrected chi connectivity index (χ4v) is 3.68. The standard InChI is InChI=1S/C25H31BrN4O4/c1-3-5-6-7-12-32-21-8-10-22(11-9-21)33-13-14-34-25-23(26)15-20(16-24(25)31-4-2)17-29-30-18-27-28-19-30/h8-11,15-19H,3-7,12-14H2,1-2H3/b29-17-. The van der Waals surface area contributed by atoms with E-state index in [0.29, 0.717) is 31.3 Å². The Bertz CT molecular complexity index is 1010. The van der Waals surface area contributed by atoms with Crippen LogP contribution in [-0.4, -0.2) is 47.5 Å². The summed E-state index contributed by atoms with van der Waals surface area (Å²) in [4.78, 5) is 0. The number of unbranched alkanes of at least 4 members (excludes halogenated alkanes) is 3. The number of ether oxygens (including phenoxy) is 4. The number of nitrogens with zero attached hydrogens (tertiary/aromatic N) is 4. The van der Waals surface area contributed by atoms with Crippen LogP contribution in [0.4, 0.5) is 0 Å². The second-order valence-corrected chi connectivity index (χ2v) is 8.28. The number of hydrogen-bond acceptors (Lipinski definition) is 7. The molecule has 1 heterocycles. The van der Waals surface area contributed by atoms with Gasteiger partial charge in [0, 0.05) is 0 Å². The highest BCUT2D eigenvalue weighted by atomic mass is 79.9. The second kappa shape index (κ2) is 14.2. The van der Waals surface area contributed by atoms with Gasteiger partial charge in [0.2, 0.25) is 0 Å². The van der Waals surface area contributed by atoms with E-state index in [-0.39, 0.29) is 0 Å². The summed E-state index contributed by atoms with van der Waals surface area (Å²) in [7, 11) is 0. The van der Waals surface area contributed by atoms with Crippen LogP contribution in [0.1, 0.15) is 45.1 Å². The SMILES string of the molecule is CCCCCCOc1ccc(OCCOc2c(Br)cc(/C=N\n3cnnc3)cc2OCC)cc1. The third kappa shape index (κ3) is 8.37. The minimum atomic E-state index is 0.364. The predicted molar refractivity (Wildman–Crippen MR) is 135 cm³/mol. The van der Waals surface area contributed by atoms with Crippen LogP contribution in [0.3, 0.4) is 0 Å². The molecule has 0 bridgehead atoms. The van der Waals surface area contributed by atoms with E-state index in [4.69, 9.17) is 18.9 Å². The Morgan fingerprint density at radius 3 is 2.21 bits per heavy atom. The fourth-order valence-electron chi connectivity index (χ4n) is 3.11. The molecule has 0 spiro atoms. The van der Waals surface area contributed by atoms with Crippen molar-refractivity contribution in [3.8, 4) is 23.0 Å². The molecule has 9 heteroatoms. The van der Waals surface area contributed by atoms with Gasteiger partial charge in [-0.05, 0) is 71.2 Å². The summed E-state index contributed by atoms with van der Waals surface area (Å²) in [6.07, 6.45) is 9.50. The Kier molecular flexibility index (Phi) is 10.7. The zero-order valence-corrected chi connectivity index (χ0v) is 21.2. The molecule has 3 rings (SSSR count). The Hall–Kier alpha value is -3.07. The Morgan fingerprint density at radius 2 is 1.53 bits per heavy atom. The quantitative estimate of drug-likeness (QED) is 0.184. The van der Waals surface area contributed by atoms with E-state index in [1.54, 1.807) is 6.21 Å². The molecule has 0 aliphatic rings. The van der Waals surface area contributed by atoms with Crippen molar-refractivity contribution < 1.29 is 18.9 Å². The lowest BCUT2D eigenvalue weighted by Crippen LogP contribution is -2.10. The van der Waals surface area contributed by atoms with Gasteiger partial charge < -0.3 is 18.9 Å². The summed E-state index contributed by atoms with van der Waals surface area (Å²) in [6.45, 7) is 6.15. The minimum Gasteiger partial charge on any atom is -0.494 e. The topological polar surface area (TPSA) is 80.0 Å². The maximum absolute atomic E-state index is 5.97. The van der Waals surface area contributed by atoms with Crippen LogP contribution in [0, 0.1) is 0 Å². The molecule has 0 amide bonds. The molecule has 0 atom stereocenters. The van der Waals surface area contributed by atoms with E-state index in [0.717, 1.165) is 34.6 Å². The van der Waals surface area contributed by atoms with Crippen LogP contribution < -0.4 is 18.9 Å². The molecular weight excluding hydrogens is 500 g/mol. The Balaban J connectivity index is 1.49. The molecule has 34 heavy (non-hydrogen) atoms. The van der Waals surface area contributed by atoms with Gasteiger partial charge in [-0.3, -0.25) is 0 Å². The van der Waals surface area contributed by atoms with Crippen LogP contribution in [-0.2, 0) is 0 Å². The lowest BCUT2D eigenvalue weighted by Gasteiger charge is -2.15. The van der Waals surface area contributed by atoms with E-state index >= 15 is 0 Å². The highest BCUT2D eigenvalue weighted by Gasteiger charge is 2.12. The number of rotatable bonds is 15. The number of halogens is 1. The first-order valence-corrected chi connectivity index (χ1v) is 12.3. The van der Waals surface area contributed by atoms with Gasteiger partial charge >= 0.3 is 0 Å². The molecule has 0 radical (unpaired) electrons. The lowest BCUT2D eigenvalue weighted by atomic mass is 10.2. The van der Waals surface area contributed by atoms with E-state index in [1.807, 2.05) is 43.3 Å². The Labute approximate surface area is 209 Å². The van der Waals surface area contributed by atoms with Gasteiger partial charge in [-0.2, -0.15) is 5.10 Å². The molecule has 0 saturated carbocycles. The molecule has 8 nitrogen and oxygen atoms in total. The van der Waals surface area contributed by atoms with E-state index < -0.39 is 0 Å². The number of aromatic nitrogens is 3. The Morgan fingerprint density at radius 1 is 0.853 bits per heavy atom. The molecule has 0 saturated heterocycles. The zero-order chi connectivity index (χ0) is 24.0. The summed E-state index contributed by atoms with van der Waals surface area (Å²) in [5.41, 5.74) is 0.847. The molecule has 1 aromatic heterocycles. The van der Waals surface area contributed by atoms with Crippen molar-refractivity contribution in [3.05, 3.63) is 59.1 Å². The van der Waals surface area contributed by atoms with E-state index in [1.165, 1.54) is 36.6 Å². The molecule has 0 aliphatic heterocycles. The van der Waals surface area contributed by atoms with Crippen molar-refractivity contribution in [2.24, 2.45) is 5.10 Å². The first kappa shape index (κ1) is 25.6. The number of benzene rings is 2. The van der Waals surface area contributed by atoms with Crippen LogP contribution in [0.25, 0.3) is 0 Å². The maximum atomic E-state index is 5.97. The van der Waals surface area contributed by atoms with Gasteiger partial charge in [0.15, 0.2) is 11.5 Å². The average Bonchev–Trinajstić information content (AvgIpc) is 3.36. The van der Waals surface area contributed by atoms with Crippen molar-refractivity contribution in [1.82, 2.24) is 14.9 Å². The van der Waals surface area contributed by atoms with Gasteiger partial charge in [0.25, 0.3) is 0 Å². The van der Waals surface area contributed by atoms with Crippen molar-refractivity contribution in [3.63, 3.8) is 0 Å². The molecule has 3 aromatic rings. The van der Waals surface area contributed by atoms with Crippen LogP contribution in [0.15, 0.2) is 58.6 Å². The monoisotopic (exact) mass is 530 g/mol. The second-order valence-electron chi connectivity index (χ2n) is 7.43. The normalized spacial score (nSPS) is 11.0. The first-order chi connectivity index (χ1) is 16.7. The van der Waals surface area contributed by atoms with Crippen molar-refractivity contribution >= 4 is 22.1 Å². The third-order valence-electron chi connectivity index (χ3n) is 4.77. The third-order valence-corrected chi connectivity index (χ3v) is 5.36. The molecular formula is C25H31BrN4O4. The molecule has 0 N–H and O–H groups in total. The van der Waals surface area contributed by atoms with Crippen LogP contribution in [0.5, 0.6) is 23.0 Å². The predicted octanol–water partition coefficient (Wildman–Crippen LogP) is 5.74. The van der Waals surface area contributed by atoms with Gasteiger partial charge in [0.05, 0.1) is 23.9 Å². The highest BCUT2D eigenvalue weighted by Crippen LogP contribution is 2.36. The summed E-state index contributed by atoms with van der Waals surface area (Å²) in [6, 6.07) is 11.5. The average molecular weight is 531 g/mol. The van der Waals surface area contributed by atoms with Gasteiger partial charge in [-0.15, -0.1) is 10.2 Å². The summed E-state index contributed by atoms with van der Waals surface area (Å²) >= 11 is 3.57. The van der Waals surface area contributed by atoms with Crippen LogP contribution >= 0.6 is 15.9 Å². The van der Waals surface area contributed by atoms with Crippen molar-refractivity contribution in [2.45, 2.75) is 39.5 Å². The van der Waals surface area contributed by atoms with E-state index in [2.05, 4.69) is 38.2 Å². The smallest absolute Gasteiger partial charge is 0.175 e. The van der Waals surface area contributed by atoms with Crippen molar-refractivity contribution in [1.29, 1.82) is 0 Å². The maximum Gasteiger partial charge on any atom is 0.175 e. The highest BCUT2D eigenvalue weighted by molar-refractivity contribution is 9.10. The summed E-state index contributed by atoms with van der Waals surface area (Å²) in [5, 5.41) is 11.7. The van der Waals surface area contributed by atoms with Crippen LogP contribution in [0.2, 0.25) is 0 Å². The molecule has 182 valence electrons. The molecule has 0 unspecified atom stereocenters. The summed E-state index contributed by atoms with van der Waals surface area (Å²) in [5.74, 6) is 2.88. The first-order valence-electron chi connectivity index (χ1n) is 11.5. The summed E-state index contributed by atoms with van der Waals surface area (Å²) < 4.78 is 25.6.